The highest BCUT2D eigenvalue weighted by molar-refractivity contribution is 5.76. The van der Waals surface area contributed by atoms with Gasteiger partial charge in [-0.3, -0.25) is 10.0 Å². The zero-order valence-electron chi connectivity index (χ0n) is 10.7. The van der Waals surface area contributed by atoms with Crippen molar-refractivity contribution >= 4 is 18.2 Å². The average molecular weight is 257 g/mol. The first-order chi connectivity index (χ1) is 8.51. The number of likely N-dealkylation sites (N-methyl/N-ethyl adjacent to an activating group) is 1. The second-order valence-electron chi connectivity index (χ2n) is 3.79. The van der Waals surface area contributed by atoms with E-state index in [0.717, 1.165) is 19.1 Å². The first-order valence-electron chi connectivity index (χ1n) is 5.88. The summed E-state index contributed by atoms with van der Waals surface area (Å²) in [6, 6.07) is -0.323. The van der Waals surface area contributed by atoms with Crippen molar-refractivity contribution < 1.29 is 4.79 Å². The Morgan fingerprint density at radius 3 is 2.33 bits per heavy atom. The van der Waals surface area contributed by atoms with E-state index < -0.39 is 0 Å². The van der Waals surface area contributed by atoms with Crippen molar-refractivity contribution in [3.8, 4) is 0 Å². The third-order valence-electron chi connectivity index (χ3n) is 2.31. The Balaban J connectivity index is 4.13. The molecule has 0 aliphatic heterocycles. The van der Waals surface area contributed by atoms with Crippen LogP contribution in [0.25, 0.3) is 0 Å². The predicted octanol–water partition coefficient (Wildman–Crippen LogP) is -1.49. The van der Waals surface area contributed by atoms with Crippen LogP contribution in [0.5, 0.6) is 0 Å². The summed E-state index contributed by atoms with van der Waals surface area (Å²) >= 11 is 0. The lowest BCUT2D eigenvalue weighted by Crippen LogP contribution is -2.36. The maximum absolute atomic E-state index is 11.0. The number of nitrogens with two attached hydrogens (primary N) is 4. The van der Waals surface area contributed by atoms with Crippen molar-refractivity contribution in [2.24, 2.45) is 33.0 Å². The van der Waals surface area contributed by atoms with Crippen LogP contribution in [0.1, 0.15) is 26.2 Å². The van der Waals surface area contributed by atoms with Gasteiger partial charge in [-0.05, 0) is 26.2 Å². The van der Waals surface area contributed by atoms with Gasteiger partial charge in [-0.1, -0.05) is 0 Å². The molecule has 8 nitrogen and oxygen atoms in total. The summed E-state index contributed by atoms with van der Waals surface area (Å²) in [7, 11) is 0. The third-order valence-corrected chi connectivity index (χ3v) is 2.31. The van der Waals surface area contributed by atoms with Crippen molar-refractivity contribution in [3.63, 3.8) is 0 Å². The highest BCUT2D eigenvalue weighted by Crippen LogP contribution is 2.07. The van der Waals surface area contributed by atoms with Crippen LogP contribution >= 0.6 is 0 Å². The molecule has 0 bridgehead atoms. The molecular formula is C10H23N7O. The van der Waals surface area contributed by atoms with Crippen LogP contribution in [-0.2, 0) is 4.79 Å². The van der Waals surface area contributed by atoms with Gasteiger partial charge >= 0.3 is 0 Å². The van der Waals surface area contributed by atoms with E-state index in [9.17, 15) is 4.79 Å². The smallest absolute Gasteiger partial charge is 0.208 e. The summed E-state index contributed by atoms with van der Waals surface area (Å²) in [5.41, 5.74) is 21.0. The van der Waals surface area contributed by atoms with Crippen LogP contribution in [0.15, 0.2) is 10.1 Å². The average Bonchev–Trinajstić information content (AvgIpc) is 2.30. The summed E-state index contributed by atoms with van der Waals surface area (Å²) in [6.07, 6.45) is 3.13. The number of carbonyl (C=O) groups excluding carboxylic acids is 1. The molecule has 0 unspecified atom stereocenters. The number of nitrogens with zero attached hydrogens (tertiary/aromatic N) is 3. The quantitative estimate of drug-likeness (QED) is 0.130. The topological polar surface area (TPSA) is 149 Å². The summed E-state index contributed by atoms with van der Waals surface area (Å²) in [4.78, 5) is 14.9. The zero-order chi connectivity index (χ0) is 14.0. The molecule has 0 saturated carbocycles. The SMILES string of the molecule is CCN(N=C(N)N)[C@H](C=O)CCCCN=C(N)N. The third kappa shape index (κ3) is 7.31. The molecule has 0 radical (unpaired) electrons. The van der Waals surface area contributed by atoms with Crippen LogP contribution < -0.4 is 22.9 Å². The van der Waals surface area contributed by atoms with Gasteiger partial charge in [-0.2, -0.15) is 0 Å². The predicted molar refractivity (Wildman–Crippen MR) is 72.6 cm³/mol. The van der Waals surface area contributed by atoms with E-state index in [4.69, 9.17) is 22.9 Å². The van der Waals surface area contributed by atoms with E-state index in [2.05, 4.69) is 10.1 Å². The molecule has 0 amide bonds. The van der Waals surface area contributed by atoms with Crippen LogP contribution in [0.2, 0.25) is 0 Å². The van der Waals surface area contributed by atoms with Crippen LogP contribution in [0, 0.1) is 0 Å². The largest absolute Gasteiger partial charge is 0.370 e. The second-order valence-corrected chi connectivity index (χ2v) is 3.79. The van der Waals surface area contributed by atoms with Crippen LogP contribution in [0.3, 0.4) is 0 Å². The number of hydrogen-bond acceptors (Lipinski definition) is 4. The molecule has 1 atom stereocenters. The number of aldehydes is 1. The minimum absolute atomic E-state index is 0.0517. The lowest BCUT2D eigenvalue weighted by atomic mass is 10.1. The van der Waals surface area contributed by atoms with E-state index in [1.54, 1.807) is 5.01 Å². The molecule has 0 heterocycles. The summed E-state index contributed by atoms with van der Waals surface area (Å²) in [5, 5.41) is 5.47. The Kier molecular flexibility index (Phi) is 8.08. The van der Waals surface area contributed by atoms with Gasteiger partial charge in [-0.15, -0.1) is 5.10 Å². The molecule has 0 saturated heterocycles. The Hall–Kier alpha value is -1.99. The number of rotatable bonds is 9. The highest BCUT2D eigenvalue weighted by atomic mass is 16.1. The molecule has 8 heteroatoms. The highest BCUT2D eigenvalue weighted by Gasteiger charge is 2.14. The molecule has 0 rings (SSSR count). The standard InChI is InChI=1S/C10H23N7O/c1-2-17(16-10(13)14)8(7-18)5-3-4-6-15-9(11)12/h7-8H,2-6H2,1H3,(H4,11,12,15)(H4,13,14,16)/t8-/m0/s1. The number of hydrazone groups is 1. The van der Waals surface area contributed by atoms with Crippen molar-refractivity contribution in [1.82, 2.24) is 5.01 Å². The minimum Gasteiger partial charge on any atom is -0.370 e. The molecule has 18 heavy (non-hydrogen) atoms. The molecule has 0 aromatic heterocycles. The molecule has 8 N–H and O–H groups in total. The van der Waals surface area contributed by atoms with Crippen LogP contribution in [-0.4, -0.2) is 42.3 Å². The Bertz CT molecular complexity index is 295. The summed E-state index contributed by atoms with van der Waals surface area (Å²) in [6.45, 7) is 3.00. The van der Waals surface area contributed by atoms with Crippen molar-refractivity contribution in [2.45, 2.75) is 32.2 Å². The first-order valence-corrected chi connectivity index (χ1v) is 5.88. The van der Waals surface area contributed by atoms with Crippen LogP contribution in [0.4, 0.5) is 0 Å². The van der Waals surface area contributed by atoms with E-state index in [1.165, 1.54) is 0 Å². The van der Waals surface area contributed by atoms with Gasteiger partial charge in [0.15, 0.2) is 5.96 Å². The molecule has 0 aliphatic rings. The normalized spacial score (nSPS) is 11.4. The fourth-order valence-corrected chi connectivity index (χ4v) is 1.49. The minimum atomic E-state index is -0.323. The Morgan fingerprint density at radius 1 is 1.22 bits per heavy atom. The number of guanidine groups is 2. The van der Waals surface area contributed by atoms with Gasteiger partial charge in [0, 0.05) is 13.1 Å². The molecule has 0 aromatic carbocycles. The molecule has 0 spiro atoms. The zero-order valence-corrected chi connectivity index (χ0v) is 10.7. The molecule has 0 aliphatic carbocycles. The fraction of sp³-hybridized carbons (Fsp3) is 0.700. The Labute approximate surface area is 107 Å². The van der Waals surface area contributed by atoms with Gasteiger partial charge < -0.3 is 27.7 Å². The number of hydrogen-bond donors (Lipinski definition) is 4. The second kappa shape index (κ2) is 9.08. The van der Waals surface area contributed by atoms with E-state index in [0.29, 0.717) is 19.5 Å². The van der Waals surface area contributed by atoms with Crippen molar-refractivity contribution in [2.75, 3.05) is 13.1 Å². The number of carbonyl (C=O) groups is 1. The number of aliphatic imine (C=N–C) groups is 1. The number of unbranched alkanes of at least 4 members (excludes halogenated alkanes) is 1. The van der Waals surface area contributed by atoms with E-state index in [-0.39, 0.29) is 18.0 Å². The summed E-state index contributed by atoms with van der Waals surface area (Å²) in [5.74, 6) is 0.0295. The van der Waals surface area contributed by atoms with Gasteiger partial charge in [-0.25, -0.2) is 0 Å². The lowest BCUT2D eigenvalue weighted by molar-refractivity contribution is -0.112. The van der Waals surface area contributed by atoms with Gasteiger partial charge in [0.1, 0.15) is 12.3 Å². The van der Waals surface area contributed by atoms with Gasteiger partial charge in [0.05, 0.1) is 0 Å². The maximum atomic E-state index is 11.0. The summed E-state index contributed by atoms with van der Waals surface area (Å²) < 4.78 is 0. The lowest BCUT2D eigenvalue weighted by Gasteiger charge is -2.23. The first kappa shape index (κ1) is 16.0. The fourth-order valence-electron chi connectivity index (χ4n) is 1.49. The van der Waals surface area contributed by atoms with Crippen molar-refractivity contribution in [3.05, 3.63) is 0 Å². The molecular weight excluding hydrogens is 234 g/mol. The molecule has 0 fully saturated rings. The van der Waals surface area contributed by atoms with Crippen molar-refractivity contribution in [1.29, 1.82) is 0 Å². The Morgan fingerprint density at radius 2 is 1.89 bits per heavy atom. The van der Waals surface area contributed by atoms with Gasteiger partial charge in [0.2, 0.25) is 5.96 Å². The van der Waals surface area contributed by atoms with Gasteiger partial charge in [0.25, 0.3) is 0 Å². The molecule has 0 aromatic rings. The maximum Gasteiger partial charge on any atom is 0.208 e. The molecule has 104 valence electrons. The monoisotopic (exact) mass is 257 g/mol. The van der Waals surface area contributed by atoms with E-state index in [1.807, 2.05) is 6.92 Å². The van der Waals surface area contributed by atoms with E-state index >= 15 is 0 Å².